The number of likely N-dealkylation sites (N-methyl/N-ethyl adjacent to an activating group) is 1. The molecular weight excluding hydrogens is 280 g/mol. The number of pyridine rings is 1. The van der Waals surface area contributed by atoms with Crippen molar-refractivity contribution in [3.63, 3.8) is 0 Å². The summed E-state index contributed by atoms with van der Waals surface area (Å²) in [6, 6.07) is 13.7. The van der Waals surface area contributed by atoms with Gasteiger partial charge in [0.25, 0.3) is 0 Å². The third-order valence-electron chi connectivity index (χ3n) is 3.34. The fourth-order valence-electron chi connectivity index (χ4n) is 2.07. The third kappa shape index (κ3) is 4.44. The van der Waals surface area contributed by atoms with Gasteiger partial charge in [-0.05, 0) is 29.8 Å². The first-order valence-corrected chi connectivity index (χ1v) is 7.06. The summed E-state index contributed by atoms with van der Waals surface area (Å²) in [5.74, 6) is 1.70. The van der Waals surface area contributed by atoms with Gasteiger partial charge in [-0.1, -0.05) is 18.2 Å². The Kier molecular flexibility index (Phi) is 5.71. The van der Waals surface area contributed by atoms with E-state index in [-0.39, 0.29) is 0 Å². The zero-order chi connectivity index (χ0) is 15.8. The van der Waals surface area contributed by atoms with Crippen molar-refractivity contribution in [2.24, 2.45) is 5.29 Å². The Labute approximate surface area is 130 Å². The largest absolute Gasteiger partial charge is 0.497 e. The molecule has 0 saturated carbocycles. The van der Waals surface area contributed by atoms with Crippen molar-refractivity contribution < 1.29 is 4.74 Å². The molecule has 1 aromatic heterocycles. The first-order chi connectivity index (χ1) is 10.7. The second kappa shape index (κ2) is 7.97. The van der Waals surface area contributed by atoms with Gasteiger partial charge < -0.3 is 9.64 Å². The summed E-state index contributed by atoms with van der Waals surface area (Å²) in [5.41, 5.74) is 1.15. The smallest absolute Gasteiger partial charge is 0.128 e. The van der Waals surface area contributed by atoms with Crippen LogP contribution >= 0.6 is 0 Å². The number of nitrogens with zero attached hydrogens (tertiary/aromatic N) is 4. The molecule has 0 unspecified atom stereocenters. The van der Waals surface area contributed by atoms with Gasteiger partial charge in [0, 0.05) is 26.3 Å². The third-order valence-corrected chi connectivity index (χ3v) is 3.34. The molecule has 0 aliphatic heterocycles. The molecule has 0 N–H and O–H groups in total. The predicted octanol–water partition coefficient (Wildman–Crippen LogP) is 2.71. The number of rotatable bonds is 8. The van der Waals surface area contributed by atoms with E-state index in [1.807, 2.05) is 42.5 Å². The highest BCUT2D eigenvalue weighted by Gasteiger charge is 2.10. The average Bonchev–Trinajstić information content (AvgIpc) is 2.59. The van der Waals surface area contributed by atoms with Crippen LogP contribution in [0.3, 0.4) is 0 Å². The van der Waals surface area contributed by atoms with Crippen LogP contribution in [0.1, 0.15) is 5.56 Å². The standard InChI is InChI=1S/C16H20N4O2/c1-19(18-21)11-12-20(16-5-3-4-10-17-16)13-14-6-8-15(22-2)9-7-14/h3-10H,11-13H2,1-2H3. The molecule has 0 spiro atoms. The molecule has 0 bridgehead atoms. The summed E-state index contributed by atoms with van der Waals surface area (Å²) in [6.45, 7) is 1.90. The molecule has 0 radical (unpaired) electrons. The highest BCUT2D eigenvalue weighted by molar-refractivity contribution is 5.39. The van der Waals surface area contributed by atoms with Crippen LogP contribution in [0.2, 0.25) is 0 Å². The van der Waals surface area contributed by atoms with Crippen LogP contribution < -0.4 is 9.64 Å². The Morgan fingerprint density at radius 3 is 2.50 bits per heavy atom. The van der Waals surface area contributed by atoms with E-state index < -0.39 is 0 Å². The number of nitroso groups, excluding NO2 is 1. The van der Waals surface area contributed by atoms with Crippen molar-refractivity contribution >= 4 is 5.82 Å². The maximum absolute atomic E-state index is 10.5. The van der Waals surface area contributed by atoms with Gasteiger partial charge in [-0.2, -0.15) is 0 Å². The van der Waals surface area contributed by atoms with E-state index in [0.717, 1.165) is 17.1 Å². The summed E-state index contributed by atoms with van der Waals surface area (Å²) >= 11 is 0. The Hall–Kier alpha value is -2.63. The Balaban J connectivity index is 2.10. The lowest BCUT2D eigenvalue weighted by Crippen LogP contribution is -2.31. The molecule has 0 fully saturated rings. The van der Waals surface area contributed by atoms with E-state index in [2.05, 4.69) is 15.2 Å². The first kappa shape index (κ1) is 15.8. The molecule has 1 heterocycles. The lowest BCUT2D eigenvalue weighted by molar-refractivity contribution is 0.354. The van der Waals surface area contributed by atoms with Gasteiger partial charge in [0.15, 0.2) is 0 Å². The number of ether oxygens (including phenoxy) is 1. The van der Waals surface area contributed by atoms with Crippen LogP contribution in [-0.4, -0.2) is 37.2 Å². The topological polar surface area (TPSA) is 58.0 Å². The van der Waals surface area contributed by atoms with Gasteiger partial charge in [0.05, 0.1) is 18.9 Å². The van der Waals surface area contributed by atoms with Crippen molar-refractivity contribution in [1.29, 1.82) is 0 Å². The number of hydrogen-bond donors (Lipinski definition) is 0. The maximum atomic E-state index is 10.5. The van der Waals surface area contributed by atoms with E-state index in [0.29, 0.717) is 19.6 Å². The number of aromatic nitrogens is 1. The van der Waals surface area contributed by atoms with Gasteiger partial charge >= 0.3 is 0 Å². The van der Waals surface area contributed by atoms with Crippen molar-refractivity contribution in [1.82, 2.24) is 9.99 Å². The zero-order valence-electron chi connectivity index (χ0n) is 12.8. The average molecular weight is 300 g/mol. The zero-order valence-corrected chi connectivity index (χ0v) is 12.8. The van der Waals surface area contributed by atoms with Crippen LogP contribution in [0, 0.1) is 4.91 Å². The van der Waals surface area contributed by atoms with Crippen molar-refractivity contribution in [3.8, 4) is 5.75 Å². The minimum Gasteiger partial charge on any atom is -0.497 e. The molecule has 6 heteroatoms. The molecule has 6 nitrogen and oxygen atoms in total. The van der Waals surface area contributed by atoms with Crippen LogP contribution in [-0.2, 0) is 6.54 Å². The second-order valence-corrected chi connectivity index (χ2v) is 4.92. The van der Waals surface area contributed by atoms with Gasteiger partial charge in [-0.25, -0.2) is 4.98 Å². The van der Waals surface area contributed by atoms with Gasteiger partial charge in [-0.15, -0.1) is 4.91 Å². The summed E-state index contributed by atoms with van der Waals surface area (Å²) in [6.07, 6.45) is 1.76. The molecule has 1 aromatic carbocycles. The fraction of sp³-hybridized carbons (Fsp3) is 0.312. The van der Waals surface area contributed by atoms with Crippen LogP contribution in [0.4, 0.5) is 5.82 Å². The molecule has 0 aliphatic carbocycles. The van der Waals surface area contributed by atoms with E-state index in [9.17, 15) is 4.91 Å². The Bertz CT molecular complexity index is 574. The number of hydrogen-bond acceptors (Lipinski definition) is 5. The van der Waals surface area contributed by atoms with Gasteiger partial charge in [0.1, 0.15) is 11.6 Å². The monoisotopic (exact) mass is 300 g/mol. The normalized spacial score (nSPS) is 10.1. The molecular formula is C16H20N4O2. The highest BCUT2D eigenvalue weighted by atomic mass is 16.5. The highest BCUT2D eigenvalue weighted by Crippen LogP contribution is 2.16. The summed E-state index contributed by atoms with van der Waals surface area (Å²) < 4.78 is 5.17. The molecule has 0 amide bonds. The van der Waals surface area contributed by atoms with Crippen LogP contribution in [0.5, 0.6) is 5.75 Å². The molecule has 116 valence electrons. The number of methoxy groups -OCH3 is 1. The molecule has 2 rings (SSSR count). The fourth-order valence-corrected chi connectivity index (χ4v) is 2.07. The Morgan fingerprint density at radius 1 is 1.14 bits per heavy atom. The van der Waals surface area contributed by atoms with Gasteiger partial charge in [-0.3, -0.25) is 5.01 Å². The minimum absolute atomic E-state index is 0.538. The lowest BCUT2D eigenvalue weighted by atomic mass is 10.2. The van der Waals surface area contributed by atoms with E-state index in [1.54, 1.807) is 20.4 Å². The summed E-state index contributed by atoms with van der Waals surface area (Å²) in [5, 5.41) is 4.28. The molecule has 2 aromatic rings. The summed E-state index contributed by atoms with van der Waals surface area (Å²) in [7, 11) is 3.31. The van der Waals surface area contributed by atoms with E-state index in [4.69, 9.17) is 4.74 Å². The second-order valence-electron chi connectivity index (χ2n) is 4.92. The Morgan fingerprint density at radius 2 is 1.91 bits per heavy atom. The molecule has 0 aliphatic rings. The minimum atomic E-state index is 0.538. The van der Waals surface area contributed by atoms with Crippen LogP contribution in [0.25, 0.3) is 0 Å². The van der Waals surface area contributed by atoms with Crippen LogP contribution in [0.15, 0.2) is 53.9 Å². The molecule has 0 saturated heterocycles. The van der Waals surface area contributed by atoms with E-state index in [1.165, 1.54) is 5.01 Å². The lowest BCUT2D eigenvalue weighted by Gasteiger charge is -2.25. The number of benzene rings is 1. The van der Waals surface area contributed by atoms with Gasteiger partial charge in [0.2, 0.25) is 0 Å². The number of anilines is 1. The van der Waals surface area contributed by atoms with Crippen molar-refractivity contribution in [2.75, 3.05) is 32.1 Å². The van der Waals surface area contributed by atoms with Crippen molar-refractivity contribution in [2.45, 2.75) is 6.54 Å². The molecule has 0 atom stereocenters. The SMILES string of the molecule is COc1ccc(CN(CCN(C)N=O)c2ccccn2)cc1. The maximum Gasteiger partial charge on any atom is 0.128 e. The first-order valence-electron chi connectivity index (χ1n) is 7.06. The van der Waals surface area contributed by atoms with E-state index >= 15 is 0 Å². The molecule has 22 heavy (non-hydrogen) atoms. The predicted molar refractivity (Wildman–Crippen MR) is 86.7 cm³/mol. The van der Waals surface area contributed by atoms with Crippen molar-refractivity contribution in [3.05, 3.63) is 59.1 Å². The summed E-state index contributed by atoms with van der Waals surface area (Å²) in [4.78, 5) is 17.0. The quantitative estimate of drug-likeness (QED) is 0.554.